The number of hydrogen-bond donors (Lipinski definition) is 1. The molecular weight excluding hydrogens is 387 g/mol. The highest BCUT2D eigenvalue weighted by atomic mass is 35.5. The molecule has 0 bridgehead atoms. The summed E-state index contributed by atoms with van der Waals surface area (Å²) in [6, 6.07) is 11.9. The van der Waals surface area contributed by atoms with Crippen LogP contribution >= 0.6 is 23.2 Å². The number of ether oxygens (including phenoxy) is 1. The highest BCUT2D eigenvalue weighted by Crippen LogP contribution is 2.33. The SMILES string of the molecule is CCn1cnnc1CCNC(=O)c1ccccc1Oc1ccc(Cl)cc1Cl. The quantitative estimate of drug-likeness (QED) is 0.634. The minimum atomic E-state index is -0.238. The van der Waals surface area contributed by atoms with E-state index in [0.717, 1.165) is 12.4 Å². The zero-order valence-electron chi connectivity index (χ0n) is 14.7. The van der Waals surface area contributed by atoms with Gasteiger partial charge in [0.15, 0.2) is 0 Å². The first kappa shape index (κ1) is 19.2. The Morgan fingerprint density at radius 2 is 2.00 bits per heavy atom. The summed E-state index contributed by atoms with van der Waals surface area (Å²) in [5.74, 6) is 1.43. The first-order valence-electron chi connectivity index (χ1n) is 8.45. The van der Waals surface area contributed by atoms with Crippen LogP contribution in [0.4, 0.5) is 0 Å². The summed E-state index contributed by atoms with van der Waals surface area (Å²) in [5.41, 5.74) is 0.417. The van der Waals surface area contributed by atoms with Gasteiger partial charge < -0.3 is 14.6 Å². The number of benzene rings is 2. The van der Waals surface area contributed by atoms with Crippen molar-refractivity contribution in [1.82, 2.24) is 20.1 Å². The zero-order chi connectivity index (χ0) is 19.2. The van der Waals surface area contributed by atoms with Crippen LogP contribution < -0.4 is 10.1 Å². The van der Waals surface area contributed by atoms with E-state index in [-0.39, 0.29) is 5.91 Å². The molecule has 1 heterocycles. The molecule has 0 aliphatic rings. The van der Waals surface area contributed by atoms with Crippen molar-refractivity contribution in [1.29, 1.82) is 0 Å². The number of halogens is 2. The van der Waals surface area contributed by atoms with Gasteiger partial charge in [-0.25, -0.2) is 0 Å². The Kier molecular flexibility index (Phi) is 6.32. The number of nitrogens with one attached hydrogen (secondary N) is 1. The third kappa shape index (κ3) is 4.78. The fraction of sp³-hybridized carbons (Fsp3) is 0.211. The maximum Gasteiger partial charge on any atom is 0.255 e. The predicted molar refractivity (Wildman–Crippen MR) is 105 cm³/mol. The van der Waals surface area contributed by atoms with Gasteiger partial charge in [0.1, 0.15) is 23.7 Å². The Hall–Kier alpha value is -2.57. The molecule has 0 fully saturated rings. The molecule has 0 saturated heterocycles. The molecule has 3 rings (SSSR count). The van der Waals surface area contributed by atoms with Crippen molar-refractivity contribution >= 4 is 29.1 Å². The lowest BCUT2D eigenvalue weighted by atomic mass is 10.2. The van der Waals surface area contributed by atoms with Crippen molar-refractivity contribution in [3.63, 3.8) is 0 Å². The number of aryl methyl sites for hydroxylation is 1. The lowest BCUT2D eigenvalue weighted by Crippen LogP contribution is -2.26. The lowest BCUT2D eigenvalue weighted by molar-refractivity contribution is 0.0951. The van der Waals surface area contributed by atoms with E-state index in [0.29, 0.717) is 40.1 Å². The van der Waals surface area contributed by atoms with E-state index in [2.05, 4.69) is 15.5 Å². The predicted octanol–water partition coefficient (Wildman–Crippen LogP) is 4.37. The second kappa shape index (κ2) is 8.88. The second-order valence-corrected chi connectivity index (χ2v) is 6.56. The molecule has 0 aliphatic heterocycles. The summed E-state index contributed by atoms with van der Waals surface area (Å²) >= 11 is 12.1. The van der Waals surface area contributed by atoms with Crippen LogP contribution in [0.2, 0.25) is 10.0 Å². The highest BCUT2D eigenvalue weighted by Gasteiger charge is 2.14. The second-order valence-electron chi connectivity index (χ2n) is 5.71. The van der Waals surface area contributed by atoms with Crippen LogP contribution in [0, 0.1) is 0 Å². The van der Waals surface area contributed by atoms with Gasteiger partial charge in [-0.15, -0.1) is 10.2 Å². The first-order chi connectivity index (χ1) is 13.1. The number of rotatable bonds is 7. The lowest BCUT2D eigenvalue weighted by Gasteiger charge is -2.12. The van der Waals surface area contributed by atoms with Gasteiger partial charge in [0, 0.05) is 24.5 Å². The van der Waals surface area contributed by atoms with E-state index >= 15 is 0 Å². The fourth-order valence-electron chi connectivity index (χ4n) is 2.54. The summed E-state index contributed by atoms with van der Waals surface area (Å²) in [5, 5.41) is 11.7. The maximum absolute atomic E-state index is 12.6. The van der Waals surface area contributed by atoms with Gasteiger partial charge in [0.25, 0.3) is 5.91 Å². The maximum atomic E-state index is 12.6. The average molecular weight is 405 g/mol. The molecule has 3 aromatic rings. The van der Waals surface area contributed by atoms with Crippen LogP contribution in [0.25, 0.3) is 0 Å². The molecule has 1 amide bonds. The van der Waals surface area contributed by atoms with Crippen LogP contribution in [-0.4, -0.2) is 27.2 Å². The Labute approximate surface area is 167 Å². The first-order valence-corrected chi connectivity index (χ1v) is 9.21. The Morgan fingerprint density at radius 1 is 1.19 bits per heavy atom. The van der Waals surface area contributed by atoms with E-state index in [1.165, 1.54) is 0 Å². The molecule has 1 aromatic heterocycles. The number of nitrogens with zero attached hydrogens (tertiary/aromatic N) is 3. The van der Waals surface area contributed by atoms with Gasteiger partial charge in [-0.1, -0.05) is 35.3 Å². The zero-order valence-corrected chi connectivity index (χ0v) is 16.2. The minimum Gasteiger partial charge on any atom is -0.455 e. The van der Waals surface area contributed by atoms with Crippen molar-refractivity contribution in [2.24, 2.45) is 0 Å². The van der Waals surface area contributed by atoms with Crippen molar-refractivity contribution in [3.8, 4) is 11.5 Å². The molecule has 0 aliphatic carbocycles. The summed E-state index contributed by atoms with van der Waals surface area (Å²) in [4.78, 5) is 12.6. The van der Waals surface area contributed by atoms with E-state index in [9.17, 15) is 4.79 Å². The fourth-order valence-corrected chi connectivity index (χ4v) is 2.99. The number of para-hydroxylation sites is 1. The molecule has 0 unspecified atom stereocenters. The molecule has 140 valence electrons. The monoisotopic (exact) mass is 404 g/mol. The summed E-state index contributed by atoms with van der Waals surface area (Å²) in [6.07, 6.45) is 2.27. The molecule has 2 aromatic carbocycles. The number of aromatic nitrogens is 3. The molecule has 0 atom stereocenters. The molecule has 0 spiro atoms. The van der Waals surface area contributed by atoms with Crippen LogP contribution in [0.3, 0.4) is 0 Å². The van der Waals surface area contributed by atoms with Crippen molar-refractivity contribution < 1.29 is 9.53 Å². The van der Waals surface area contributed by atoms with Crippen molar-refractivity contribution in [3.05, 3.63) is 70.2 Å². The van der Waals surface area contributed by atoms with E-state index in [1.54, 1.807) is 48.8 Å². The average Bonchev–Trinajstić information content (AvgIpc) is 3.12. The number of carbonyl (C=O) groups excluding carboxylic acids is 1. The molecule has 27 heavy (non-hydrogen) atoms. The number of hydrogen-bond acceptors (Lipinski definition) is 4. The van der Waals surface area contributed by atoms with Crippen LogP contribution in [0.5, 0.6) is 11.5 Å². The highest BCUT2D eigenvalue weighted by molar-refractivity contribution is 6.35. The molecule has 0 radical (unpaired) electrons. The molecule has 8 heteroatoms. The molecule has 1 N–H and O–H groups in total. The third-order valence-electron chi connectivity index (χ3n) is 3.92. The van der Waals surface area contributed by atoms with Gasteiger partial charge in [-0.2, -0.15) is 0 Å². The Balaban J connectivity index is 1.68. The smallest absolute Gasteiger partial charge is 0.255 e. The van der Waals surface area contributed by atoms with E-state index in [1.807, 2.05) is 11.5 Å². The summed E-state index contributed by atoms with van der Waals surface area (Å²) in [6.45, 7) is 3.24. The normalized spacial score (nSPS) is 10.6. The van der Waals surface area contributed by atoms with Crippen LogP contribution in [-0.2, 0) is 13.0 Å². The minimum absolute atomic E-state index is 0.238. The Morgan fingerprint density at radius 3 is 2.78 bits per heavy atom. The van der Waals surface area contributed by atoms with Gasteiger partial charge in [0.2, 0.25) is 0 Å². The standard InChI is InChI=1S/C19H18Cl2N4O2/c1-2-25-12-23-24-18(25)9-10-22-19(26)14-5-3-4-6-16(14)27-17-8-7-13(20)11-15(17)21/h3-8,11-12H,2,9-10H2,1H3,(H,22,26). The number of carbonyl (C=O) groups is 1. The third-order valence-corrected chi connectivity index (χ3v) is 4.45. The molecule has 6 nitrogen and oxygen atoms in total. The summed E-state index contributed by atoms with van der Waals surface area (Å²) in [7, 11) is 0. The van der Waals surface area contributed by atoms with Gasteiger partial charge in [-0.3, -0.25) is 4.79 Å². The number of amides is 1. The summed E-state index contributed by atoms with van der Waals surface area (Å²) < 4.78 is 7.76. The van der Waals surface area contributed by atoms with Gasteiger partial charge in [-0.05, 0) is 37.3 Å². The van der Waals surface area contributed by atoms with Crippen LogP contribution in [0.15, 0.2) is 48.8 Å². The van der Waals surface area contributed by atoms with Crippen molar-refractivity contribution in [2.45, 2.75) is 19.9 Å². The molecule has 0 saturated carbocycles. The van der Waals surface area contributed by atoms with Crippen molar-refractivity contribution in [2.75, 3.05) is 6.54 Å². The Bertz CT molecular complexity index is 943. The van der Waals surface area contributed by atoms with Gasteiger partial charge in [0.05, 0.1) is 10.6 Å². The topological polar surface area (TPSA) is 69.0 Å². The van der Waals surface area contributed by atoms with E-state index < -0.39 is 0 Å². The van der Waals surface area contributed by atoms with Gasteiger partial charge >= 0.3 is 0 Å². The van der Waals surface area contributed by atoms with E-state index in [4.69, 9.17) is 27.9 Å². The largest absolute Gasteiger partial charge is 0.455 e. The van der Waals surface area contributed by atoms with Crippen LogP contribution in [0.1, 0.15) is 23.1 Å². The molecular formula is C19H18Cl2N4O2.